The second-order valence-corrected chi connectivity index (χ2v) is 5.28. The summed E-state index contributed by atoms with van der Waals surface area (Å²) < 4.78 is 1.20. The van der Waals surface area contributed by atoms with Crippen LogP contribution in [-0.2, 0) is 0 Å². The molecule has 0 aromatic heterocycles. The third-order valence-corrected chi connectivity index (χ3v) is 3.66. The molecule has 0 amide bonds. The number of halogens is 1. The molecule has 0 aliphatic carbocycles. The van der Waals surface area contributed by atoms with E-state index in [0.29, 0.717) is 0 Å². The van der Waals surface area contributed by atoms with Crippen molar-refractivity contribution in [3.05, 3.63) is 11.1 Å². The molecule has 4 rings (SSSR count). The number of quaternary nitrogens is 1. The Kier molecular flexibility index (Phi) is 2.18. The lowest BCUT2D eigenvalue weighted by atomic mass is 10.3. The molecule has 0 unspecified atom stereocenters. The van der Waals surface area contributed by atoms with Crippen molar-refractivity contribution in [2.45, 2.75) is 0 Å². The SMILES string of the molecule is BrC=CC[N+]12CN3CN(CN(C3)C1)C2. The normalized spacial score (nSPS) is 50.5. The first-order chi connectivity index (χ1) is 6.80. The smallest absolute Gasteiger partial charge is 0.139 e. The van der Waals surface area contributed by atoms with Gasteiger partial charge in [0.2, 0.25) is 0 Å². The van der Waals surface area contributed by atoms with Gasteiger partial charge in [0.15, 0.2) is 0 Å². The predicted molar refractivity (Wildman–Crippen MR) is 57.9 cm³/mol. The molecule has 4 aliphatic rings. The quantitative estimate of drug-likeness (QED) is 0.666. The lowest BCUT2D eigenvalue weighted by molar-refractivity contribution is -0.975. The fourth-order valence-corrected chi connectivity index (χ4v) is 3.26. The molecule has 4 bridgehead atoms. The summed E-state index contributed by atoms with van der Waals surface area (Å²) >= 11 is 3.36. The van der Waals surface area contributed by atoms with Crippen molar-refractivity contribution in [2.75, 3.05) is 46.6 Å². The Morgan fingerprint density at radius 2 is 1.50 bits per heavy atom. The molecular formula is C9H16BrN4+. The summed E-state index contributed by atoms with van der Waals surface area (Å²) in [5.41, 5.74) is 0. The summed E-state index contributed by atoms with van der Waals surface area (Å²) in [4.78, 5) is 9.61. The highest BCUT2D eigenvalue weighted by Gasteiger charge is 2.47. The van der Waals surface area contributed by atoms with Crippen molar-refractivity contribution >= 4 is 15.9 Å². The van der Waals surface area contributed by atoms with Gasteiger partial charge in [-0.1, -0.05) is 15.9 Å². The zero-order valence-electron chi connectivity index (χ0n) is 8.27. The predicted octanol–water partition coefficient (Wildman–Crippen LogP) is 0.404. The second-order valence-electron chi connectivity index (χ2n) is 4.75. The summed E-state index contributed by atoms with van der Waals surface area (Å²) in [6.45, 7) is 8.35. The van der Waals surface area contributed by atoms with Crippen molar-refractivity contribution in [1.29, 1.82) is 0 Å². The second kappa shape index (κ2) is 3.28. The van der Waals surface area contributed by atoms with E-state index in [2.05, 4.69) is 36.7 Å². The highest BCUT2D eigenvalue weighted by Crippen LogP contribution is 2.28. The van der Waals surface area contributed by atoms with E-state index in [-0.39, 0.29) is 0 Å². The molecule has 0 radical (unpaired) electrons. The number of hydrogen-bond acceptors (Lipinski definition) is 3. The van der Waals surface area contributed by atoms with Crippen molar-refractivity contribution < 1.29 is 4.48 Å². The Morgan fingerprint density at radius 3 is 1.93 bits per heavy atom. The average Bonchev–Trinajstić information content (AvgIpc) is 2.12. The molecule has 4 saturated heterocycles. The topological polar surface area (TPSA) is 9.72 Å². The van der Waals surface area contributed by atoms with Crippen LogP contribution in [0.2, 0.25) is 0 Å². The molecular weight excluding hydrogens is 244 g/mol. The van der Waals surface area contributed by atoms with Gasteiger partial charge in [-0.05, 0) is 11.1 Å². The van der Waals surface area contributed by atoms with Crippen LogP contribution in [0.25, 0.3) is 0 Å². The van der Waals surface area contributed by atoms with Crippen LogP contribution >= 0.6 is 15.9 Å². The lowest BCUT2D eigenvalue weighted by Gasteiger charge is -2.60. The van der Waals surface area contributed by atoms with E-state index in [1.165, 1.54) is 44.5 Å². The van der Waals surface area contributed by atoms with Crippen molar-refractivity contribution in [3.63, 3.8) is 0 Å². The molecule has 0 aromatic rings. The van der Waals surface area contributed by atoms with Gasteiger partial charge >= 0.3 is 0 Å². The maximum absolute atomic E-state index is 3.36. The van der Waals surface area contributed by atoms with Gasteiger partial charge < -0.3 is 0 Å². The Labute approximate surface area is 93.1 Å². The molecule has 5 heteroatoms. The van der Waals surface area contributed by atoms with Gasteiger partial charge in [-0.15, -0.1) is 0 Å². The first-order valence-electron chi connectivity index (χ1n) is 5.07. The minimum Gasteiger partial charge on any atom is -0.283 e. The van der Waals surface area contributed by atoms with Crippen molar-refractivity contribution in [1.82, 2.24) is 14.7 Å². The average molecular weight is 260 g/mol. The van der Waals surface area contributed by atoms with Gasteiger partial charge in [-0.3, -0.25) is 4.48 Å². The van der Waals surface area contributed by atoms with Gasteiger partial charge in [-0.2, -0.15) is 0 Å². The molecule has 4 nitrogen and oxygen atoms in total. The van der Waals surface area contributed by atoms with Gasteiger partial charge in [0.05, 0.1) is 20.0 Å². The fourth-order valence-electron chi connectivity index (χ4n) is 3.09. The molecule has 78 valence electrons. The first kappa shape index (κ1) is 9.30. The van der Waals surface area contributed by atoms with Gasteiger partial charge in [0.1, 0.15) is 26.6 Å². The maximum atomic E-state index is 3.36. The van der Waals surface area contributed by atoms with E-state index in [0.717, 1.165) is 6.54 Å². The van der Waals surface area contributed by atoms with Crippen LogP contribution in [0, 0.1) is 0 Å². The third kappa shape index (κ3) is 1.44. The minimum absolute atomic E-state index is 1.15. The number of rotatable bonds is 2. The highest BCUT2D eigenvalue weighted by molar-refractivity contribution is 9.11. The van der Waals surface area contributed by atoms with Crippen molar-refractivity contribution in [2.24, 2.45) is 0 Å². The number of nitrogens with zero attached hydrogens (tertiary/aromatic N) is 4. The van der Waals surface area contributed by atoms with Gasteiger partial charge in [0, 0.05) is 0 Å². The van der Waals surface area contributed by atoms with Gasteiger partial charge in [-0.25, -0.2) is 14.7 Å². The van der Waals surface area contributed by atoms with Crippen LogP contribution in [0.1, 0.15) is 0 Å². The third-order valence-electron chi connectivity index (χ3n) is 3.28. The molecule has 0 aromatic carbocycles. The summed E-state index contributed by atoms with van der Waals surface area (Å²) in [6, 6.07) is 0. The van der Waals surface area contributed by atoms with Crippen LogP contribution in [-0.4, -0.2) is 65.7 Å². The van der Waals surface area contributed by atoms with E-state index >= 15 is 0 Å². The van der Waals surface area contributed by atoms with Crippen LogP contribution < -0.4 is 0 Å². The zero-order chi connectivity index (χ0) is 9.60. The van der Waals surface area contributed by atoms with E-state index in [4.69, 9.17) is 0 Å². The Morgan fingerprint density at radius 1 is 1.00 bits per heavy atom. The molecule has 0 atom stereocenters. The molecule has 0 saturated carbocycles. The Balaban J connectivity index is 1.80. The first-order valence-corrected chi connectivity index (χ1v) is 5.99. The molecule has 0 N–H and O–H groups in total. The monoisotopic (exact) mass is 259 g/mol. The standard InChI is InChI=1S/C9H16BrN4/c10-2-1-3-14-7-11-4-12(8-14)6-13(5-11)9-14/h1-2H,3-9H2/q+1. The number of hydrogen-bond donors (Lipinski definition) is 0. The summed E-state index contributed by atoms with van der Waals surface area (Å²) in [5.74, 6) is 0. The Hall–Kier alpha value is 0.0600. The van der Waals surface area contributed by atoms with E-state index in [9.17, 15) is 0 Å². The van der Waals surface area contributed by atoms with Crippen molar-refractivity contribution in [3.8, 4) is 0 Å². The Bertz CT molecular complexity index is 230. The molecule has 14 heavy (non-hydrogen) atoms. The summed E-state index contributed by atoms with van der Waals surface area (Å²) in [7, 11) is 0. The summed E-state index contributed by atoms with van der Waals surface area (Å²) in [6.07, 6.45) is 2.23. The maximum Gasteiger partial charge on any atom is 0.139 e. The van der Waals surface area contributed by atoms with Crippen LogP contribution in [0.5, 0.6) is 0 Å². The van der Waals surface area contributed by atoms with E-state index in [1.807, 2.05) is 4.99 Å². The fraction of sp³-hybridized carbons (Fsp3) is 0.778. The lowest BCUT2D eigenvalue weighted by Crippen LogP contribution is -2.79. The van der Waals surface area contributed by atoms with Gasteiger partial charge in [0.25, 0.3) is 0 Å². The zero-order valence-corrected chi connectivity index (χ0v) is 9.86. The van der Waals surface area contributed by atoms with Crippen LogP contribution in [0.3, 0.4) is 0 Å². The highest BCUT2D eigenvalue weighted by atomic mass is 79.9. The van der Waals surface area contributed by atoms with Crippen LogP contribution in [0.15, 0.2) is 11.1 Å². The largest absolute Gasteiger partial charge is 0.283 e. The molecule has 4 fully saturated rings. The van der Waals surface area contributed by atoms with E-state index < -0.39 is 0 Å². The van der Waals surface area contributed by atoms with E-state index in [1.54, 1.807) is 0 Å². The minimum atomic E-state index is 1.15. The van der Waals surface area contributed by atoms with Crippen LogP contribution in [0.4, 0.5) is 0 Å². The molecule has 4 aliphatic heterocycles. The summed E-state index contributed by atoms with van der Waals surface area (Å²) in [5, 5.41) is 0. The molecule has 0 spiro atoms. The molecule has 4 heterocycles.